The molecular formula is C24H25N3O4. The summed E-state index contributed by atoms with van der Waals surface area (Å²) in [6.07, 6.45) is 1.37. The Bertz CT molecular complexity index is 1050. The minimum atomic E-state index is -0.506. The zero-order valence-corrected chi connectivity index (χ0v) is 17.5. The van der Waals surface area contributed by atoms with Crippen LogP contribution in [0.15, 0.2) is 60.7 Å². The van der Waals surface area contributed by atoms with E-state index < -0.39 is 5.79 Å². The molecule has 7 nitrogen and oxygen atoms in total. The third kappa shape index (κ3) is 3.82. The van der Waals surface area contributed by atoms with Gasteiger partial charge in [0.15, 0.2) is 11.5 Å². The summed E-state index contributed by atoms with van der Waals surface area (Å²) in [5.41, 5.74) is 3.14. The van der Waals surface area contributed by atoms with Gasteiger partial charge >= 0.3 is 0 Å². The predicted molar refractivity (Wildman–Crippen MR) is 115 cm³/mol. The van der Waals surface area contributed by atoms with Gasteiger partial charge in [-0.2, -0.15) is 5.10 Å². The molecule has 0 saturated carbocycles. The highest BCUT2D eigenvalue weighted by molar-refractivity contribution is 5.93. The highest BCUT2D eigenvalue weighted by Crippen LogP contribution is 2.32. The number of methoxy groups -OCH3 is 1. The maximum atomic E-state index is 13.3. The summed E-state index contributed by atoms with van der Waals surface area (Å²) < 4.78 is 18.7. The molecule has 0 atom stereocenters. The predicted octanol–water partition coefficient (Wildman–Crippen LogP) is 3.53. The van der Waals surface area contributed by atoms with Crippen molar-refractivity contribution in [2.75, 3.05) is 33.4 Å². The van der Waals surface area contributed by atoms with Crippen LogP contribution < -0.4 is 4.74 Å². The van der Waals surface area contributed by atoms with Crippen LogP contribution >= 0.6 is 0 Å². The van der Waals surface area contributed by atoms with E-state index in [1.165, 1.54) is 0 Å². The van der Waals surface area contributed by atoms with E-state index >= 15 is 0 Å². The van der Waals surface area contributed by atoms with Crippen LogP contribution in [0.3, 0.4) is 0 Å². The number of ether oxygens (including phenoxy) is 3. The molecule has 2 saturated heterocycles. The first-order valence-corrected chi connectivity index (χ1v) is 10.5. The van der Waals surface area contributed by atoms with Crippen LogP contribution in [-0.2, 0) is 9.47 Å². The van der Waals surface area contributed by atoms with Gasteiger partial charge in [-0.05, 0) is 42.5 Å². The van der Waals surface area contributed by atoms with Crippen molar-refractivity contribution in [2.24, 2.45) is 0 Å². The topological polar surface area (TPSA) is 65.8 Å². The molecule has 5 rings (SSSR count). The number of hydrogen-bond donors (Lipinski definition) is 0. The molecule has 3 aromatic rings. The van der Waals surface area contributed by atoms with Gasteiger partial charge in [-0.15, -0.1) is 0 Å². The van der Waals surface area contributed by atoms with Crippen LogP contribution in [0.4, 0.5) is 0 Å². The van der Waals surface area contributed by atoms with Gasteiger partial charge in [0.1, 0.15) is 5.75 Å². The Balaban J connectivity index is 1.45. The van der Waals surface area contributed by atoms with Gasteiger partial charge in [-0.1, -0.05) is 18.2 Å². The summed E-state index contributed by atoms with van der Waals surface area (Å²) in [5, 5.41) is 4.70. The normalized spacial score (nSPS) is 17.8. The Morgan fingerprint density at radius 2 is 1.68 bits per heavy atom. The Morgan fingerprint density at radius 1 is 1.00 bits per heavy atom. The summed E-state index contributed by atoms with van der Waals surface area (Å²) in [7, 11) is 1.64. The largest absolute Gasteiger partial charge is 0.497 e. The molecule has 2 aliphatic rings. The first-order chi connectivity index (χ1) is 15.2. The van der Waals surface area contributed by atoms with Gasteiger partial charge in [-0.25, -0.2) is 4.68 Å². The molecular weight excluding hydrogens is 394 g/mol. The fourth-order valence-electron chi connectivity index (χ4n) is 4.22. The third-order valence-electron chi connectivity index (χ3n) is 5.94. The Hall–Kier alpha value is -3.16. The lowest BCUT2D eigenvalue weighted by Gasteiger charge is -2.37. The fraction of sp³-hybridized carbons (Fsp3) is 0.333. The van der Waals surface area contributed by atoms with Crippen LogP contribution in [0.1, 0.15) is 23.3 Å². The molecule has 0 radical (unpaired) electrons. The molecule has 31 heavy (non-hydrogen) atoms. The summed E-state index contributed by atoms with van der Waals surface area (Å²) in [6.45, 7) is 2.44. The van der Waals surface area contributed by atoms with E-state index in [4.69, 9.17) is 19.3 Å². The van der Waals surface area contributed by atoms with E-state index in [2.05, 4.69) is 0 Å². The fourth-order valence-corrected chi connectivity index (χ4v) is 4.22. The molecule has 0 N–H and O–H groups in total. The van der Waals surface area contributed by atoms with Crippen molar-refractivity contribution in [3.8, 4) is 22.7 Å². The second-order valence-electron chi connectivity index (χ2n) is 7.79. The van der Waals surface area contributed by atoms with Crippen LogP contribution in [0.2, 0.25) is 0 Å². The lowest BCUT2D eigenvalue weighted by atomic mass is 10.0. The van der Waals surface area contributed by atoms with E-state index in [9.17, 15) is 4.79 Å². The lowest BCUT2D eigenvalue weighted by molar-refractivity contribution is -0.181. The van der Waals surface area contributed by atoms with E-state index in [0.717, 1.165) is 22.7 Å². The zero-order valence-electron chi connectivity index (χ0n) is 17.5. The molecule has 3 heterocycles. The first kappa shape index (κ1) is 19.8. The quantitative estimate of drug-likeness (QED) is 0.647. The highest BCUT2D eigenvalue weighted by Gasteiger charge is 2.41. The van der Waals surface area contributed by atoms with Gasteiger partial charge in [0, 0.05) is 31.5 Å². The van der Waals surface area contributed by atoms with Crippen LogP contribution in [-0.4, -0.2) is 59.8 Å². The maximum absolute atomic E-state index is 13.3. The lowest BCUT2D eigenvalue weighted by Crippen LogP contribution is -2.47. The third-order valence-corrected chi connectivity index (χ3v) is 5.94. The van der Waals surface area contributed by atoms with Gasteiger partial charge in [0.25, 0.3) is 5.91 Å². The molecule has 7 heteroatoms. The summed E-state index contributed by atoms with van der Waals surface area (Å²) in [5.74, 6) is 0.204. The second kappa shape index (κ2) is 8.17. The van der Waals surface area contributed by atoms with Crippen molar-refractivity contribution in [1.29, 1.82) is 0 Å². The van der Waals surface area contributed by atoms with E-state index in [-0.39, 0.29) is 5.91 Å². The highest BCUT2D eigenvalue weighted by atomic mass is 16.7. The molecule has 0 bridgehead atoms. The van der Waals surface area contributed by atoms with E-state index in [0.29, 0.717) is 44.8 Å². The number of benzene rings is 2. The average Bonchev–Trinajstić information content (AvgIpc) is 3.48. The van der Waals surface area contributed by atoms with Gasteiger partial charge in [-0.3, -0.25) is 4.79 Å². The molecule has 1 amide bonds. The molecule has 160 valence electrons. The number of carbonyl (C=O) groups is 1. The van der Waals surface area contributed by atoms with Crippen molar-refractivity contribution in [1.82, 2.24) is 14.7 Å². The molecule has 2 aromatic carbocycles. The Morgan fingerprint density at radius 3 is 2.32 bits per heavy atom. The standard InChI is InChI=1S/C24H25N3O4/c1-29-20-9-7-18(8-10-20)22-17-21(25-27(22)19-5-3-2-4-6-19)23(28)26-13-11-24(12-14-26)30-15-16-31-24/h2-10,17H,11-16H2,1H3. The smallest absolute Gasteiger partial charge is 0.274 e. The number of hydrogen-bond acceptors (Lipinski definition) is 5. The van der Waals surface area contributed by atoms with Crippen molar-refractivity contribution in [3.63, 3.8) is 0 Å². The van der Waals surface area contributed by atoms with Crippen molar-refractivity contribution in [2.45, 2.75) is 18.6 Å². The number of para-hydroxylation sites is 1. The van der Waals surface area contributed by atoms with Crippen LogP contribution in [0.5, 0.6) is 5.75 Å². The number of carbonyl (C=O) groups excluding carboxylic acids is 1. The summed E-state index contributed by atoms with van der Waals surface area (Å²) in [4.78, 5) is 15.1. The first-order valence-electron chi connectivity index (χ1n) is 10.5. The van der Waals surface area contributed by atoms with Crippen LogP contribution in [0.25, 0.3) is 16.9 Å². The summed E-state index contributed by atoms with van der Waals surface area (Å²) in [6, 6.07) is 19.5. The van der Waals surface area contributed by atoms with Crippen molar-refractivity contribution < 1.29 is 19.0 Å². The van der Waals surface area contributed by atoms with Crippen molar-refractivity contribution in [3.05, 3.63) is 66.4 Å². The molecule has 2 aliphatic heterocycles. The van der Waals surface area contributed by atoms with Crippen LogP contribution in [0, 0.1) is 0 Å². The average molecular weight is 419 g/mol. The maximum Gasteiger partial charge on any atom is 0.274 e. The zero-order chi connectivity index (χ0) is 21.3. The monoisotopic (exact) mass is 419 g/mol. The summed E-state index contributed by atoms with van der Waals surface area (Å²) >= 11 is 0. The number of aromatic nitrogens is 2. The minimum Gasteiger partial charge on any atom is -0.497 e. The number of likely N-dealkylation sites (tertiary alicyclic amines) is 1. The van der Waals surface area contributed by atoms with E-state index in [1.807, 2.05) is 70.2 Å². The van der Waals surface area contributed by atoms with Gasteiger partial charge in [0.2, 0.25) is 0 Å². The Kier molecular flexibility index (Phi) is 5.21. The number of amides is 1. The number of piperidine rings is 1. The molecule has 0 unspecified atom stereocenters. The van der Waals surface area contributed by atoms with Gasteiger partial charge < -0.3 is 19.1 Å². The number of rotatable bonds is 4. The van der Waals surface area contributed by atoms with Gasteiger partial charge in [0.05, 0.1) is 31.7 Å². The second-order valence-corrected chi connectivity index (χ2v) is 7.79. The minimum absolute atomic E-state index is 0.0720. The molecule has 2 fully saturated rings. The SMILES string of the molecule is COc1ccc(-c2cc(C(=O)N3CCC4(CC3)OCCO4)nn2-c2ccccc2)cc1. The molecule has 1 spiro atoms. The van der Waals surface area contributed by atoms with Crippen molar-refractivity contribution >= 4 is 5.91 Å². The number of nitrogens with zero attached hydrogens (tertiary/aromatic N) is 3. The molecule has 0 aliphatic carbocycles. The van der Waals surface area contributed by atoms with E-state index in [1.54, 1.807) is 7.11 Å². The Labute approximate surface area is 181 Å². The molecule has 1 aromatic heterocycles.